The molecule has 0 aliphatic rings. The van der Waals surface area contributed by atoms with Crippen LogP contribution in [0, 0.1) is 0 Å². The largest absolute Gasteiger partial charge is 0.339 e. The first-order chi connectivity index (χ1) is 11.5. The Balaban J connectivity index is 1.57. The lowest BCUT2D eigenvalue weighted by atomic mass is 10.2. The topological polar surface area (TPSA) is 80.0 Å². The number of urea groups is 1. The molecule has 0 aliphatic carbocycles. The van der Waals surface area contributed by atoms with Crippen molar-refractivity contribution in [2.75, 3.05) is 18.8 Å². The molecule has 130 valence electrons. The van der Waals surface area contributed by atoms with Gasteiger partial charge in [0.05, 0.1) is 0 Å². The van der Waals surface area contributed by atoms with Crippen molar-refractivity contribution in [3.63, 3.8) is 0 Å². The van der Waals surface area contributed by atoms with Gasteiger partial charge < -0.3 is 15.2 Å². The molecule has 0 atom stereocenters. The van der Waals surface area contributed by atoms with Gasteiger partial charge in [-0.15, -0.1) is 11.8 Å². The number of hydrogen-bond acceptors (Lipinski definition) is 5. The summed E-state index contributed by atoms with van der Waals surface area (Å²) < 4.78 is 5.12. The predicted molar refractivity (Wildman–Crippen MR) is 95.7 cm³/mol. The van der Waals surface area contributed by atoms with Crippen LogP contribution in [0.5, 0.6) is 0 Å². The quantitative estimate of drug-likeness (QED) is 0.550. The van der Waals surface area contributed by atoms with Gasteiger partial charge in [0.1, 0.15) is 0 Å². The van der Waals surface area contributed by atoms with Crippen molar-refractivity contribution in [1.29, 1.82) is 0 Å². The Hall–Kier alpha value is -1.73. The molecule has 0 bridgehead atoms. The smallest absolute Gasteiger partial charge is 0.314 e. The summed E-state index contributed by atoms with van der Waals surface area (Å²) in [6.07, 6.45) is 0.521. The van der Waals surface area contributed by atoms with Crippen molar-refractivity contribution >= 4 is 29.4 Å². The number of nitrogens with zero attached hydrogens (tertiary/aromatic N) is 2. The van der Waals surface area contributed by atoms with Crippen molar-refractivity contribution in [3.05, 3.63) is 41.0 Å². The summed E-state index contributed by atoms with van der Waals surface area (Å²) in [6.45, 7) is 5.04. The number of benzene rings is 1. The second-order valence-electron chi connectivity index (χ2n) is 5.44. The van der Waals surface area contributed by atoms with E-state index in [2.05, 4.69) is 20.8 Å². The van der Waals surface area contributed by atoms with Crippen molar-refractivity contribution < 1.29 is 9.32 Å². The molecule has 0 saturated heterocycles. The fourth-order valence-electron chi connectivity index (χ4n) is 1.81. The van der Waals surface area contributed by atoms with Crippen LogP contribution in [0.25, 0.3) is 0 Å². The number of halogens is 1. The molecule has 2 amide bonds. The van der Waals surface area contributed by atoms with Crippen LogP contribution in [0.3, 0.4) is 0 Å². The minimum atomic E-state index is -0.199. The third-order valence-electron chi connectivity index (χ3n) is 3.09. The number of thioether (sulfide) groups is 1. The van der Waals surface area contributed by atoms with Crippen molar-refractivity contribution in [2.45, 2.75) is 31.1 Å². The molecule has 8 heteroatoms. The molecule has 0 unspecified atom stereocenters. The number of nitrogens with one attached hydrogen (secondary N) is 2. The van der Waals surface area contributed by atoms with E-state index in [0.717, 1.165) is 15.7 Å². The Kier molecular flexibility index (Phi) is 7.39. The second kappa shape index (κ2) is 9.54. The molecule has 1 heterocycles. The average Bonchev–Trinajstić information content (AvgIpc) is 3.02. The maximum atomic E-state index is 11.7. The Bertz CT molecular complexity index is 646. The summed E-state index contributed by atoms with van der Waals surface area (Å²) in [5.74, 6) is 2.25. The minimum absolute atomic E-state index is 0.199. The lowest BCUT2D eigenvalue weighted by Crippen LogP contribution is -2.37. The van der Waals surface area contributed by atoms with E-state index in [1.807, 2.05) is 38.1 Å². The van der Waals surface area contributed by atoms with Gasteiger partial charge in [0.2, 0.25) is 5.89 Å². The lowest BCUT2D eigenvalue weighted by molar-refractivity contribution is 0.241. The number of carbonyl (C=O) groups is 1. The van der Waals surface area contributed by atoms with Gasteiger partial charge in [0, 0.05) is 41.1 Å². The summed E-state index contributed by atoms with van der Waals surface area (Å²) >= 11 is 7.50. The number of amides is 2. The maximum absolute atomic E-state index is 11.7. The molecule has 2 aromatic rings. The molecule has 2 N–H and O–H groups in total. The second-order valence-corrected chi connectivity index (χ2v) is 7.04. The van der Waals surface area contributed by atoms with Gasteiger partial charge in [-0.25, -0.2) is 4.79 Å². The maximum Gasteiger partial charge on any atom is 0.314 e. The molecule has 1 aromatic carbocycles. The molecule has 2 rings (SSSR count). The zero-order valence-corrected chi connectivity index (χ0v) is 15.3. The van der Waals surface area contributed by atoms with E-state index < -0.39 is 0 Å². The van der Waals surface area contributed by atoms with Gasteiger partial charge in [-0.3, -0.25) is 0 Å². The summed E-state index contributed by atoms with van der Waals surface area (Å²) in [5, 5.41) is 10.2. The zero-order chi connectivity index (χ0) is 17.4. The predicted octanol–water partition coefficient (Wildman–Crippen LogP) is 3.48. The SMILES string of the molecule is CC(C)c1noc(CCNC(=O)NCCSc2ccc(Cl)cc2)n1. The first-order valence-corrected chi connectivity index (χ1v) is 9.13. The molecule has 0 radical (unpaired) electrons. The molecule has 0 aliphatic heterocycles. The Morgan fingerprint density at radius 1 is 1.25 bits per heavy atom. The highest BCUT2D eigenvalue weighted by Gasteiger charge is 2.09. The van der Waals surface area contributed by atoms with Gasteiger partial charge in [-0.05, 0) is 24.3 Å². The number of hydrogen-bond donors (Lipinski definition) is 2. The summed E-state index contributed by atoms with van der Waals surface area (Å²) in [4.78, 5) is 17.1. The fourth-order valence-corrected chi connectivity index (χ4v) is 2.71. The van der Waals surface area contributed by atoms with Crippen LogP contribution in [-0.2, 0) is 6.42 Å². The molecular formula is C16H21ClN4O2S. The Morgan fingerprint density at radius 2 is 1.96 bits per heavy atom. The van der Waals surface area contributed by atoms with Crippen LogP contribution in [-0.4, -0.2) is 35.0 Å². The summed E-state index contributed by atoms with van der Waals surface area (Å²) in [6, 6.07) is 7.43. The molecular weight excluding hydrogens is 348 g/mol. The van der Waals surface area contributed by atoms with Gasteiger partial charge in [-0.2, -0.15) is 4.98 Å². The molecule has 6 nitrogen and oxygen atoms in total. The standard InChI is InChI=1S/C16H21ClN4O2S/c1-11(2)15-20-14(23-21-15)7-8-18-16(22)19-9-10-24-13-5-3-12(17)4-6-13/h3-6,11H,7-10H2,1-2H3,(H2,18,19,22). The van der Waals surface area contributed by atoms with E-state index in [-0.39, 0.29) is 11.9 Å². The van der Waals surface area contributed by atoms with Crippen molar-refractivity contribution in [2.24, 2.45) is 0 Å². The van der Waals surface area contributed by atoms with E-state index in [1.54, 1.807) is 11.8 Å². The minimum Gasteiger partial charge on any atom is -0.339 e. The van der Waals surface area contributed by atoms with Gasteiger partial charge in [0.25, 0.3) is 0 Å². The third-order valence-corrected chi connectivity index (χ3v) is 4.36. The number of aromatic nitrogens is 2. The molecule has 24 heavy (non-hydrogen) atoms. The molecule has 0 spiro atoms. The van der Waals surface area contributed by atoms with Gasteiger partial charge >= 0.3 is 6.03 Å². The van der Waals surface area contributed by atoms with E-state index in [4.69, 9.17) is 16.1 Å². The van der Waals surface area contributed by atoms with Crippen LogP contribution in [0.15, 0.2) is 33.7 Å². The lowest BCUT2D eigenvalue weighted by Gasteiger charge is -2.06. The van der Waals surface area contributed by atoms with E-state index in [0.29, 0.717) is 31.2 Å². The zero-order valence-electron chi connectivity index (χ0n) is 13.7. The summed E-state index contributed by atoms with van der Waals surface area (Å²) in [7, 11) is 0. The first-order valence-electron chi connectivity index (χ1n) is 7.77. The van der Waals surface area contributed by atoms with Crippen LogP contribution in [0.1, 0.15) is 31.5 Å². The highest BCUT2D eigenvalue weighted by molar-refractivity contribution is 7.99. The highest BCUT2D eigenvalue weighted by Crippen LogP contribution is 2.19. The fraction of sp³-hybridized carbons (Fsp3) is 0.438. The van der Waals surface area contributed by atoms with Crippen molar-refractivity contribution in [3.8, 4) is 0 Å². The highest BCUT2D eigenvalue weighted by atomic mass is 35.5. The normalized spacial score (nSPS) is 10.8. The monoisotopic (exact) mass is 368 g/mol. The molecule has 1 aromatic heterocycles. The van der Waals surface area contributed by atoms with Crippen LogP contribution >= 0.6 is 23.4 Å². The molecule has 0 fully saturated rings. The van der Waals surface area contributed by atoms with E-state index in [9.17, 15) is 4.79 Å². The van der Waals surface area contributed by atoms with E-state index >= 15 is 0 Å². The Labute approximate surface area is 150 Å². The van der Waals surface area contributed by atoms with Crippen molar-refractivity contribution in [1.82, 2.24) is 20.8 Å². The van der Waals surface area contributed by atoms with Gasteiger partial charge in [0.15, 0.2) is 5.82 Å². The average molecular weight is 369 g/mol. The number of rotatable bonds is 8. The van der Waals surface area contributed by atoms with Gasteiger partial charge in [-0.1, -0.05) is 30.6 Å². The van der Waals surface area contributed by atoms with Crippen LogP contribution in [0.2, 0.25) is 5.02 Å². The summed E-state index contributed by atoms with van der Waals surface area (Å²) in [5.41, 5.74) is 0. The van der Waals surface area contributed by atoms with E-state index in [1.165, 1.54) is 0 Å². The first kappa shape index (κ1) is 18.6. The van der Waals surface area contributed by atoms with Crippen LogP contribution in [0.4, 0.5) is 4.79 Å². The molecule has 0 saturated carbocycles. The Morgan fingerprint density at radius 3 is 2.62 bits per heavy atom. The number of carbonyl (C=O) groups excluding carboxylic acids is 1. The third kappa shape index (κ3) is 6.41. The van der Waals surface area contributed by atoms with Crippen LogP contribution < -0.4 is 10.6 Å².